The van der Waals surface area contributed by atoms with Gasteiger partial charge in [0, 0.05) is 4.88 Å². The summed E-state index contributed by atoms with van der Waals surface area (Å²) < 4.78 is 5.26. The van der Waals surface area contributed by atoms with Gasteiger partial charge in [-0.15, -0.1) is 11.3 Å². The van der Waals surface area contributed by atoms with Gasteiger partial charge in [0.2, 0.25) is 5.91 Å². The molecule has 0 saturated carbocycles. The summed E-state index contributed by atoms with van der Waals surface area (Å²) in [5, 5.41) is 2.01. The van der Waals surface area contributed by atoms with E-state index >= 15 is 0 Å². The van der Waals surface area contributed by atoms with Crippen LogP contribution in [0.15, 0.2) is 48.5 Å². The molecule has 0 unspecified atom stereocenters. The van der Waals surface area contributed by atoms with Crippen molar-refractivity contribution < 1.29 is 24.0 Å². The number of nitrogens with zero attached hydrogens (tertiary/aromatic N) is 2. The van der Waals surface area contributed by atoms with Crippen LogP contribution >= 0.6 is 11.3 Å². The maximum Gasteiger partial charge on any atom is 0.341 e. The molecule has 2 aromatic carbocycles. The van der Waals surface area contributed by atoms with Gasteiger partial charge in [-0.05, 0) is 57.4 Å². The average Bonchev–Trinajstić information content (AvgIpc) is 3.45. The van der Waals surface area contributed by atoms with Crippen LogP contribution in [-0.2, 0) is 19.2 Å². The third kappa shape index (κ3) is 3.72. The minimum atomic E-state index is -0.999. The van der Waals surface area contributed by atoms with Gasteiger partial charge in [0.25, 0.3) is 5.91 Å². The van der Waals surface area contributed by atoms with Crippen molar-refractivity contribution in [1.82, 2.24) is 0 Å². The summed E-state index contributed by atoms with van der Waals surface area (Å²) in [5.41, 5.74) is 4.73. The molecule has 2 aliphatic heterocycles. The number of esters is 1. The topological polar surface area (TPSA) is 76.2 Å². The van der Waals surface area contributed by atoms with Crippen molar-refractivity contribution in [2.24, 2.45) is 5.92 Å². The van der Waals surface area contributed by atoms with E-state index in [0.717, 1.165) is 32.2 Å². The molecule has 8 heteroatoms. The van der Waals surface area contributed by atoms with Crippen molar-refractivity contribution in [3.8, 4) is 0 Å². The Balaban J connectivity index is 1.61. The first-order valence-electron chi connectivity index (χ1n) is 12.0. The zero-order chi connectivity index (χ0) is 25.7. The number of rotatable bonds is 5. The van der Waals surface area contributed by atoms with Crippen LogP contribution in [0.3, 0.4) is 0 Å². The van der Waals surface area contributed by atoms with E-state index in [1.54, 1.807) is 18.9 Å². The summed E-state index contributed by atoms with van der Waals surface area (Å²) >= 11 is 1.25. The Morgan fingerprint density at radius 2 is 1.69 bits per heavy atom. The Hall–Kier alpha value is -3.49. The minimum absolute atomic E-state index is 0.198. The molecular weight excluding hydrogens is 476 g/mol. The van der Waals surface area contributed by atoms with Crippen molar-refractivity contribution in [1.29, 1.82) is 0 Å². The highest BCUT2D eigenvalue weighted by Gasteiger charge is 2.61. The predicted octanol–water partition coefficient (Wildman–Crippen LogP) is 5.21. The van der Waals surface area contributed by atoms with Gasteiger partial charge in [-0.25, -0.2) is 14.8 Å². The molecule has 2 amide bonds. The molecule has 186 valence electrons. The fraction of sp³-hybridized carbons (Fsp3) is 0.321. The normalized spacial score (nSPS) is 21.3. The van der Waals surface area contributed by atoms with Crippen LogP contribution in [-0.4, -0.2) is 30.5 Å². The zero-order valence-electron chi connectivity index (χ0n) is 20.9. The summed E-state index contributed by atoms with van der Waals surface area (Å²) in [6.07, 6.45) is -0.999. The lowest BCUT2D eigenvalue weighted by Gasteiger charge is -2.29. The number of ether oxygens (including phenoxy) is 1. The van der Waals surface area contributed by atoms with Gasteiger partial charge in [-0.2, -0.15) is 0 Å². The molecule has 2 saturated heterocycles. The molecule has 0 radical (unpaired) electrons. The van der Waals surface area contributed by atoms with Gasteiger partial charge >= 0.3 is 5.97 Å². The predicted molar refractivity (Wildman–Crippen MR) is 138 cm³/mol. The second kappa shape index (κ2) is 9.19. The average molecular weight is 505 g/mol. The molecule has 2 aliphatic rings. The number of imide groups is 1. The van der Waals surface area contributed by atoms with E-state index in [1.165, 1.54) is 11.3 Å². The van der Waals surface area contributed by atoms with Gasteiger partial charge in [-0.3, -0.25) is 14.4 Å². The third-order valence-corrected chi connectivity index (χ3v) is 8.13. The first kappa shape index (κ1) is 24.2. The molecule has 3 atom stereocenters. The maximum atomic E-state index is 14.0. The molecule has 1 aromatic heterocycles. The number of anilines is 2. The van der Waals surface area contributed by atoms with E-state index in [9.17, 15) is 14.4 Å². The summed E-state index contributed by atoms with van der Waals surface area (Å²) in [6, 6.07) is 15.2. The molecule has 3 aromatic rings. The fourth-order valence-corrected chi connectivity index (χ4v) is 6.10. The van der Waals surface area contributed by atoms with Crippen molar-refractivity contribution in [3.05, 3.63) is 81.2 Å². The largest absolute Gasteiger partial charge is 0.462 e. The first-order valence-corrected chi connectivity index (χ1v) is 12.8. The van der Waals surface area contributed by atoms with Crippen LogP contribution in [0.5, 0.6) is 0 Å². The standard InChI is InChI=1S/C28H28N2O5S/c1-6-34-28(33)21-17(4)18(5)36-27(21)29-25(31)22-23(19-13-11-15(2)12-14-19)30(35-24(22)26(29)32)20-10-8-7-9-16(20)3/h7-14,22-24H,6H2,1-5H3/t22-,23-,24+/m0/s1. The van der Waals surface area contributed by atoms with E-state index in [2.05, 4.69) is 0 Å². The number of fused-ring (bicyclic) bond motifs is 1. The summed E-state index contributed by atoms with van der Waals surface area (Å²) in [7, 11) is 0. The summed E-state index contributed by atoms with van der Waals surface area (Å²) in [6.45, 7) is 9.56. The number of benzene rings is 2. The molecule has 0 spiro atoms. The van der Waals surface area contributed by atoms with Crippen LogP contribution < -0.4 is 9.96 Å². The zero-order valence-corrected chi connectivity index (χ0v) is 21.7. The number of hydrogen-bond acceptors (Lipinski definition) is 7. The maximum absolute atomic E-state index is 14.0. The number of carbonyl (C=O) groups is 3. The van der Waals surface area contributed by atoms with Crippen LogP contribution in [0.4, 0.5) is 10.7 Å². The smallest absolute Gasteiger partial charge is 0.341 e. The number of hydroxylamine groups is 1. The number of amides is 2. The number of para-hydroxylation sites is 1. The quantitative estimate of drug-likeness (QED) is 0.351. The number of aryl methyl sites for hydroxylation is 3. The van der Waals surface area contributed by atoms with Gasteiger partial charge in [-0.1, -0.05) is 48.0 Å². The Morgan fingerprint density at radius 1 is 1.00 bits per heavy atom. The highest BCUT2D eigenvalue weighted by atomic mass is 32.1. The van der Waals surface area contributed by atoms with Crippen LogP contribution in [0.25, 0.3) is 0 Å². The Morgan fingerprint density at radius 3 is 2.36 bits per heavy atom. The molecule has 2 fully saturated rings. The molecule has 0 N–H and O–H groups in total. The Labute approximate surface area is 214 Å². The number of carbonyl (C=O) groups excluding carboxylic acids is 3. The van der Waals surface area contributed by atoms with Crippen LogP contribution in [0.1, 0.15) is 50.5 Å². The van der Waals surface area contributed by atoms with Gasteiger partial charge in [0.05, 0.1) is 23.9 Å². The first-order chi connectivity index (χ1) is 17.2. The van der Waals surface area contributed by atoms with E-state index in [4.69, 9.17) is 9.57 Å². The summed E-state index contributed by atoms with van der Waals surface area (Å²) in [4.78, 5) is 48.8. The molecule has 0 aliphatic carbocycles. The van der Waals surface area contributed by atoms with E-state index < -0.39 is 29.9 Å². The van der Waals surface area contributed by atoms with Crippen molar-refractivity contribution in [3.63, 3.8) is 0 Å². The lowest BCUT2D eigenvalue weighted by Crippen LogP contribution is -2.38. The molecule has 0 bridgehead atoms. The van der Waals surface area contributed by atoms with Gasteiger partial charge in [0.1, 0.15) is 10.9 Å². The SMILES string of the molecule is CCOC(=O)c1c(N2C(=O)[C@@H]3[C@@H](ON(c4ccccc4C)[C@H]3c3ccc(C)cc3)C2=O)sc(C)c1C. The van der Waals surface area contributed by atoms with Crippen molar-refractivity contribution in [2.45, 2.75) is 46.8 Å². The Bertz CT molecular complexity index is 1360. The monoisotopic (exact) mass is 504 g/mol. The Kier molecular flexibility index (Phi) is 6.18. The van der Waals surface area contributed by atoms with Crippen LogP contribution in [0, 0.1) is 33.6 Å². The van der Waals surface area contributed by atoms with Crippen molar-refractivity contribution >= 4 is 39.8 Å². The minimum Gasteiger partial charge on any atom is -0.462 e. The van der Waals surface area contributed by atoms with Gasteiger partial charge in [0.15, 0.2) is 6.10 Å². The molecule has 3 heterocycles. The lowest BCUT2D eigenvalue weighted by molar-refractivity contribution is -0.126. The molecule has 36 heavy (non-hydrogen) atoms. The third-order valence-electron chi connectivity index (χ3n) is 6.94. The molecule has 7 nitrogen and oxygen atoms in total. The lowest BCUT2D eigenvalue weighted by atomic mass is 9.90. The second-order valence-electron chi connectivity index (χ2n) is 9.22. The fourth-order valence-electron chi connectivity index (χ4n) is 4.95. The van der Waals surface area contributed by atoms with Crippen LogP contribution in [0.2, 0.25) is 0 Å². The van der Waals surface area contributed by atoms with Crippen molar-refractivity contribution in [2.75, 3.05) is 16.6 Å². The van der Waals surface area contributed by atoms with E-state index in [-0.39, 0.29) is 18.1 Å². The second-order valence-corrected chi connectivity index (χ2v) is 10.4. The highest BCUT2D eigenvalue weighted by Crippen LogP contribution is 2.50. The molecular formula is C28H28N2O5S. The van der Waals surface area contributed by atoms with E-state index in [0.29, 0.717) is 10.6 Å². The van der Waals surface area contributed by atoms with E-state index in [1.807, 2.05) is 69.3 Å². The number of hydrogen-bond donors (Lipinski definition) is 0. The highest BCUT2D eigenvalue weighted by molar-refractivity contribution is 7.17. The number of thiophene rings is 1. The summed E-state index contributed by atoms with van der Waals surface area (Å²) in [5.74, 6) is -2.15. The van der Waals surface area contributed by atoms with Gasteiger partial charge < -0.3 is 4.74 Å². The molecule has 5 rings (SSSR count).